The summed E-state index contributed by atoms with van der Waals surface area (Å²) in [6.07, 6.45) is 0.421. The third-order valence-electron chi connectivity index (χ3n) is 7.26. The molecule has 4 rings (SSSR count). The second kappa shape index (κ2) is 9.76. The van der Waals surface area contributed by atoms with Gasteiger partial charge in [-0.3, -0.25) is 19.3 Å². The number of likely N-dealkylation sites (N-methyl/N-ethyl adjacent to an activating group) is 1. The van der Waals surface area contributed by atoms with E-state index in [2.05, 4.69) is 29.2 Å². The van der Waals surface area contributed by atoms with Gasteiger partial charge in [0.25, 0.3) is 5.91 Å². The quantitative estimate of drug-likeness (QED) is 0.153. The number of ketones is 2. The normalized spacial score (nSPS) is 27.0. The van der Waals surface area contributed by atoms with Crippen molar-refractivity contribution in [2.45, 2.75) is 31.4 Å². The summed E-state index contributed by atoms with van der Waals surface area (Å²) in [7, 11) is 3.34. The molecule has 3 aliphatic rings. The van der Waals surface area contributed by atoms with E-state index < -0.39 is 52.3 Å². The Hall–Kier alpha value is -2.90. The molecule has 0 aliphatic heterocycles. The van der Waals surface area contributed by atoms with Crippen molar-refractivity contribution in [3.8, 4) is 5.75 Å². The number of phenolic OH excluding ortho intramolecular Hbond substituents is 1. The number of ether oxygens (including phenoxy) is 2. The molecule has 1 saturated carbocycles. The van der Waals surface area contributed by atoms with Gasteiger partial charge in [0.05, 0.1) is 18.2 Å². The van der Waals surface area contributed by atoms with E-state index in [1.54, 1.807) is 32.0 Å². The molecule has 198 valence electrons. The van der Waals surface area contributed by atoms with Gasteiger partial charge in [-0.15, -0.1) is 0 Å². The summed E-state index contributed by atoms with van der Waals surface area (Å²) < 4.78 is 12.0. The van der Waals surface area contributed by atoms with Crippen LogP contribution in [0.4, 0.5) is 0 Å². The van der Waals surface area contributed by atoms with E-state index in [1.807, 2.05) is 0 Å². The monoisotopic (exact) mass is 624 g/mol. The number of hydrogen-bond donors (Lipinski definition) is 4. The highest BCUT2D eigenvalue weighted by Gasteiger charge is 2.65. The SMILES string of the molecule is C=C(COC1=C(C(N)=O)C(=O)[C@@]2(O)C(=O)C3=C(O)c4c(O)ccc(I)c4C[C@H]3C[C@H]2[C@@H]1N(C)C)OCC. The first-order valence-corrected chi connectivity index (χ1v) is 12.8. The lowest BCUT2D eigenvalue weighted by molar-refractivity contribution is -0.162. The Morgan fingerprint density at radius 3 is 2.54 bits per heavy atom. The summed E-state index contributed by atoms with van der Waals surface area (Å²) in [5.74, 6) is -5.41. The van der Waals surface area contributed by atoms with Crippen molar-refractivity contribution in [3.63, 3.8) is 0 Å². The molecule has 37 heavy (non-hydrogen) atoms. The number of nitrogens with zero attached hydrogens (tertiary/aromatic N) is 1. The van der Waals surface area contributed by atoms with Crippen LogP contribution in [-0.4, -0.2) is 76.6 Å². The molecule has 0 unspecified atom stereocenters. The summed E-state index contributed by atoms with van der Waals surface area (Å²) in [6.45, 7) is 5.69. The first-order chi connectivity index (χ1) is 17.4. The number of rotatable bonds is 7. The third kappa shape index (κ3) is 4.12. The second-order valence-corrected chi connectivity index (χ2v) is 10.8. The average Bonchev–Trinajstić information content (AvgIpc) is 2.81. The van der Waals surface area contributed by atoms with Crippen LogP contribution >= 0.6 is 22.6 Å². The highest BCUT2D eigenvalue weighted by molar-refractivity contribution is 14.1. The summed E-state index contributed by atoms with van der Waals surface area (Å²) >= 11 is 2.09. The Morgan fingerprint density at radius 2 is 1.95 bits per heavy atom. The molecule has 5 N–H and O–H groups in total. The van der Waals surface area contributed by atoms with Crippen molar-refractivity contribution in [3.05, 3.63) is 56.1 Å². The topological polar surface area (TPSA) is 160 Å². The molecule has 3 aliphatic carbocycles. The number of carbonyl (C=O) groups is 3. The van der Waals surface area contributed by atoms with E-state index in [4.69, 9.17) is 15.2 Å². The van der Waals surface area contributed by atoms with Crippen LogP contribution in [0.1, 0.15) is 24.5 Å². The molecule has 10 nitrogen and oxygen atoms in total. The van der Waals surface area contributed by atoms with Crippen molar-refractivity contribution in [2.24, 2.45) is 17.6 Å². The molecule has 1 aromatic rings. The van der Waals surface area contributed by atoms with Crippen molar-refractivity contribution in [1.29, 1.82) is 0 Å². The van der Waals surface area contributed by atoms with Gasteiger partial charge in [0, 0.05) is 15.1 Å². The first-order valence-electron chi connectivity index (χ1n) is 11.8. The van der Waals surface area contributed by atoms with E-state index in [-0.39, 0.29) is 41.4 Å². The van der Waals surface area contributed by atoms with Gasteiger partial charge in [0.1, 0.15) is 35.2 Å². The Morgan fingerprint density at radius 1 is 1.27 bits per heavy atom. The zero-order valence-corrected chi connectivity index (χ0v) is 22.9. The lowest BCUT2D eigenvalue weighted by Crippen LogP contribution is -2.67. The summed E-state index contributed by atoms with van der Waals surface area (Å²) in [4.78, 5) is 41.7. The maximum atomic E-state index is 13.9. The minimum atomic E-state index is -2.67. The fourth-order valence-electron chi connectivity index (χ4n) is 5.75. The smallest absolute Gasteiger partial charge is 0.255 e. The number of aliphatic hydroxyl groups is 2. The van der Waals surface area contributed by atoms with E-state index >= 15 is 0 Å². The van der Waals surface area contributed by atoms with Crippen LogP contribution in [0.25, 0.3) is 5.76 Å². The minimum absolute atomic E-state index is 0.0640. The number of benzene rings is 1. The number of halogens is 1. The van der Waals surface area contributed by atoms with Crippen LogP contribution in [0.3, 0.4) is 0 Å². The number of carbonyl (C=O) groups excluding carboxylic acids is 3. The molecule has 0 saturated heterocycles. The van der Waals surface area contributed by atoms with Crippen LogP contribution in [0.2, 0.25) is 0 Å². The van der Waals surface area contributed by atoms with Gasteiger partial charge in [0.2, 0.25) is 11.6 Å². The summed E-state index contributed by atoms with van der Waals surface area (Å²) in [5.41, 5.74) is 2.91. The number of nitrogens with two attached hydrogens (primary N) is 1. The van der Waals surface area contributed by atoms with E-state index in [9.17, 15) is 29.7 Å². The summed E-state index contributed by atoms with van der Waals surface area (Å²) in [6, 6.07) is 2.24. The van der Waals surface area contributed by atoms with Crippen LogP contribution < -0.4 is 5.73 Å². The molecule has 1 fully saturated rings. The lowest BCUT2D eigenvalue weighted by atomic mass is 9.57. The van der Waals surface area contributed by atoms with Crippen molar-refractivity contribution in [2.75, 3.05) is 27.3 Å². The highest BCUT2D eigenvalue weighted by Crippen LogP contribution is 2.52. The minimum Gasteiger partial charge on any atom is -0.507 e. The molecule has 0 bridgehead atoms. The molecule has 1 amide bonds. The van der Waals surface area contributed by atoms with Crippen molar-refractivity contribution in [1.82, 2.24) is 4.90 Å². The molecular weight excluding hydrogens is 595 g/mol. The van der Waals surface area contributed by atoms with E-state index in [0.29, 0.717) is 18.6 Å². The van der Waals surface area contributed by atoms with Gasteiger partial charge < -0.3 is 30.5 Å². The van der Waals surface area contributed by atoms with Crippen molar-refractivity contribution >= 4 is 45.8 Å². The maximum absolute atomic E-state index is 13.9. The lowest BCUT2D eigenvalue weighted by Gasteiger charge is -2.50. The van der Waals surface area contributed by atoms with E-state index in [0.717, 1.165) is 3.57 Å². The standard InChI is InChI=1S/C26H29IN2O8/c1-5-36-11(2)10-37-22-19(25(28)34)24(33)26(35)14(20(22)29(3)4)9-12-8-13-15(27)6-7-16(30)18(13)21(31)17(12)23(26)32/h6-7,12,14,20,30-31,35H,2,5,8-10H2,1,3-4H3,(H2,28,34)/t12-,14-,20-,26-/m0/s1. The molecule has 11 heteroatoms. The molecule has 4 atom stereocenters. The Bertz CT molecular complexity index is 1280. The number of phenols is 1. The van der Waals surface area contributed by atoms with Gasteiger partial charge >= 0.3 is 0 Å². The fourth-order valence-corrected chi connectivity index (χ4v) is 6.42. The number of amides is 1. The first kappa shape index (κ1) is 27.1. The highest BCUT2D eigenvalue weighted by atomic mass is 127. The third-order valence-corrected chi connectivity index (χ3v) is 8.27. The second-order valence-electron chi connectivity index (χ2n) is 9.62. The zero-order valence-electron chi connectivity index (χ0n) is 20.7. The van der Waals surface area contributed by atoms with Crippen molar-refractivity contribution < 1.29 is 39.2 Å². The molecule has 1 aromatic carbocycles. The number of fused-ring (bicyclic) bond motifs is 3. The number of primary amides is 1. The van der Waals surface area contributed by atoms with Gasteiger partial charge in [0.15, 0.2) is 5.60 Å². The summed E-state index contributed by atoms with van der Waals surface area (Å²) in [5, 5.41) is 33.4. The largest absolute Gasteiger partial charge is 0.507 e. The Kier molecular flexibility index (Phi) is 7.16. The average molecular weight is 624 g/mol. The van der Waals surface area contributed by atoms with Crippen LogP contribution in [-0.2, 0) is 30.3 Å². The molecule has 0 spiro atoms. The van der Waals surface area contributed by atoms with Crippen LogP contribution in [0.15, 0.2) is 41.4 Å². The van der Waals surface area contributed by atoms with Gasteiger partial charge in [-0.05, 0) is 80.1 Å². The van der Waals surface area contributed by atoms with Crippen LogP contribution in [0.5, 0.6) is 5.75 Å². The molecule has 0 heterocycles. The van der Waals surface area contributed by atoms with Gasteiger partial charge in [-0.1, -0.05) is 6.58 Å². The number of Topliss-reactive ketones (excluding diaryl/α,β-unsaturated/α-hetero) is 2. The number of hydrogen-bond acceptors (Lipinski definition) is 9. The Balaban J connectivity index is 1.89. The molecular formula is C26H29IN2O8. The molecule has 0 radical (unpaired) electrons. The van der Waals surface area contributed by atoms with Crippen LogP contribution in [0, 0.1) is 15.4 Å². The molecule has 0 aromatic heterocycles. The van der Waals surface area contributed by atoms with Gasteiger partial charge in [-0.25, -0.2) is 0 Å². The Labute approximate surface area is 227 Å². The van der Waals surface area contributed by atoms with Gasteiger partial charge in [-0.2, -0.15) is 0 Å². The zero-order chi connectivity index (χ0) is 27.4. The maximum Gasteiger partial charge on any atom is 0.255 e. The van der Waals surface area contributed by atoms with E-state index in [1.165, 1.54) is 6.07 Å². The number of aliphatic hydroxyl groups excluding tert-OH is 1. The predicted octanol–water partition coefficient (Wildman–Crippen LogP) is 1.58. The fraction of sp³-hybridized carbons (Fsp3) is 0.423. The number of aromatic hydroxyl groups is 1. The predicted molar refractivity (Wildman–Crippen MR) is 141 cm³/mol.